The summed E-state index contributed by atoms with van der Waals surface area (Å²) in [6.45, 7) is 7.94. The van der Waals surface area contributed by atoms with Crippen LogP contribution in [0.1, 0.15) is 26.3 Å². The Kier molecular flexibility index (Phi) is 6.81. The number of hydrogen-bond acceptors (Lipinski definition) is 3. The Morgan fingerprint density at radius 1 is 1.37 bits per heavy atom. The predicted molar refractivity (Wildman–Crippen MR) is 74.7 cm³/mol. The standard InChI is InChI=1S/C15H24FNO2/c1-4-19-15-6-5-12(7-14(15)16)8-17-9-13(10-18)11(2)3/h5-7,11,13,17-18H,4,8-10H2,1-3H3. The smallest absolute Gasteiger partial charge is 0.165 e. The summed E-state index contributed by atoms with van der Waals surface area (Å²) in [5.74, 6) is 0.618. The highest BCUT2D eigenvalue weighted by Crippen LogP contribution is 2.18. The van der Waals surface area contributed by atoms with Gasteiger partial charge in [-0.15, -0.1) is 0 Å². The number of benzene rings is 1. The van der Waals surface area contributed by atoms with E-state index < -0.39 is 0 Å². The highest BCUT2D eigenvalue weighted by Gasteiger charge is 2.11. The van der Waals surface area contributed by atoms with Gasteiger partial charge in [-0.05, 0) is 36.5 Å². The van der Waals surface area contributed by atoms with Crippen LogP contribution >= 0.6 is 0 Å². The molecule has 2 N–H and O–H groups in total. The first-order chi connectivity index (χ1) is 9.08. The third-order valence-corrected chi connectivity index (χ3v) is 3.21. The van der Waals surface area contributed by atoms with Crippen molar-refractivity contribution >= 4 is 0 Å². The molecule has 0 spiro atoms. The Hall–Kier alpha value is -1.13. The molecule has 4 heteroatoms. The summed E-state index contributed by atoms with van der Waals surface area (Å²) in [7, 11) is 0. The zero-order valence-electron chi connectivity index (χ0n) is 11.9. The van der Waals surface area contributed by atoms with E-state index in [0.29, 0.717) is 24.8 Å². The molecule has 0 radical (unpaired) electrons. The van der Waals surface area contributed by atoms with E-state index in [1.807, 2.05) is 13.0 Å². The van der Waals surface area contributed by atoms with Crippen LogP contribution in [0.4, 0.5) is 4.39 Å². The molecule has 0 saturated heterocycles. The summed E-state index contributed by atoms with van der Waals surface area (Å²) in [4.78, 5) is 0. The third-order valence-electron chi connectivity index (χ3n) is 3.21. The predicted octanol–water partition coefficient (Wildman–Crippen LogP) is 2.58. The molecule has 1 aromatic carbocycles. The van der Waals surface area contributed by atoms with Crippen molar-refractivity contribution in [1.82, 2.24) is 5.32 Å². The van der Waals surface area contributed by atoms with Crippen molar-refractivity contribution in [2.75, 3.05) is 19.8 Å². The molecule has 1 rings (SSSR count). The summed E-state index contributed by atoms with van der Waals surface area (Å²) >= 11 is 0. The summed E-state index contributed by atoms with van der Waals surface area (Å²) in [6, 6.07) is 4.99. The molecular formula is C15H24FNO2. The minimum Gasteiger partial charge on any atom is -0.491 e. The average Bonchev–Trinajstić information content (AvgIpc) is 2.37. The van der Waals surface area contributed by atoms with Gasteiger partial charge in [0.1, 0.15) is 0 Å². The lowest BCUT2D eigenvalue weighted by Crippen LogP contribution is -2.28. The zero-order chi connectivity index (χ0) is 14.3. The number of hydrogen-bond donors (Lipinski definition) is 2. The third kappa shape index (κ3) is 5.17. The molecule has 0 aromatic heterocycles. The fraction of sp³-hybridized carbons (Fsp3) is 0.600. The minimum atomic E-state index is -0.330. The maximum absolute atomic E-state index is 13.6. The van der Waals surface area contributed by atoms with Crippen molar-refractivity contribution in [3.8, 4) is 5.75 Å². The molecule has 0 bridgehead atoms. The zero-order valence-corrected chi connectivity index (χ0v) is 11.9. The number of aliphatic hydroxyl groups excluding tert-OH is 1. The van der Waals surface area contributed by atoms with Crippen LogP contribution in [0.15, 0.2) is 18.2 Å². The molecule has 0 aliphatic rings. The monoisotopic (exact) mass is 269 g/mol. The molecule has 1 atom stereocenters. The Morgan fingerprint density at radius 2 is 2.11 bits per heavy atom. The lowest BCUT2D eigenvalue weighted by Gasteiger charge is -2.18. The van der Waals surface area contributed by atoms with Crippen LogP contribution in [0, 0.1) is 17.7 Å². The fourth-order valence-electron chi connectivity index (χ4n) is 1.84. The second kappa shape index (κ2) is 8.12. The normalized spacial score (nSPS) is 12.7. The largest absolute Gasteiger partial charge is 0.491 e. The lowest BCUT2D eigenvalue weighted by molar-refractivity contribution is 0.186. The molecule has 0 aliphatic carbocycles. The molecule has 0 saturated carbocycles. The molecule has 108 valence electrons. The van der Waals surface area contributed by atoms with E-state index in [0.717, 1.165) is 12.1 Å². The second-order valence-corrected chi connectivity index (χ2v) is 5.02. The van der Waals surface area contributed by atoms with Crippen molar-refractivity contribution < 1.29 is 14.2 Å². The average molecular weight is 269 g/mol. The van der Waals surface area contributed by atoms with Gasteiger partial charge in [-0.25, -0.2) is 4.39 Å². The van der Waals surface area contributed by atoms with Gasteiger partial charge in [-0.1, -0.05) is 19.9 Å². The van der Waals surface area contributed by atoms with E-state index >= 15 is 0 Å². The number of rotatable bonds is 8. The molecule has 1 unspecified atom stereocenters. The van der Waals surface area contributed by atoms with E-state index in [-0.39, 0.29) is 18.3 Å². The SMILES string of the molecule is CCOc1ccc(CNCC(CO)C(C)C)cc1F. The van der Waals surface area contributed by atoms with Gasteiger partial charge in [0.2, 0.25) is 0 Å². The quantitative estimate of drug-likeness (QED) is 0.762. The van der Waals surface area contributed by atoms with Crippen LogP contribution in [-0.2, 0) is 6.54 Å². The van der Waals surface area contributed by atoms with Gasteiger partial charge in [0.05, 0.1) is 6.61 Å². The van der Waals surface area contributed by atoms with Crippen molar-refractivity contribution in [1.29, 1.82) is 0 Å². The van der Waals surface area contributed by atoms with Crippen LogP contribution in [0.25, 0.3) is 0 Å². The lowest BCUT2D eigenvalue weighted by atomic mass is 9.97. The number of nitrogens with one attached hydrogen (secondary N) is 1. The summed E-state index contributed by atoms with van der Waals surface area (Å²) in [5, 5.41) is 12.5. The van der Waals surface area contributed by atoms with Crippen LogP contribution in [-0.4, -0.2) is 24.9 Å². The van der Waals surface area contributed by atoms with Crippen LogP contribution < -0.4 is 10.1 Å². The molecular weight excluding hydrogens is 245 g/mol. The van der Waals surface area contributed by atoms with Gasteiger partial charge in [-0.2, -0.15) is 0 Å². The Morgan fingerprint density at radius 3 is 2.63 bits per heavy atom. The molecule has 1 aromatic rings. The van der Waals surface area contributed by atoms with Gasteiger partial charge >= 0.3 is 0 Å². The second-order valence-electron chi connectivity index (χ2n) is 5.02. The van der Waals surface area contributed by atoms with Crippen LogP contribution in [0.2, 0.25) is 0 Å². The van der Waals surface area contributed by atoms with Gasteiger partial charge < -0.3 is 15.2 Å². The first-order valence-electron chi connectivity index (χ1n) is 6.81. The van der Waals surface area contributed by atoms with Gasteiger partial charge in [-0.3, -0.25) is 0 Å². The van der Waals surface area contributed by atoms with Crippen molar-refractivity contribution in [2.24, 2.45) is 11.8 Å². The maximum atomic E-state index is 13.6. The van der Waals surface area contributed by atoms with E-state index in [1.165, 1.54) is 6.07 Å². The van der Waals surface area contributed by atoms with Crippen molar-refractivity contribution in [3.63, 3.8) is 0 Å². The summed E-state index contributed by atoms with van der Waals surface area (Å²) in [6.07, 6.45) is 0. The molecule has 0 fully saturated rings. The molecule has 19 heavy (non-hydrogen) atoms. The molecule has 0 heterocycles. The van der Waals surface area contributed by atoms with E-state index in [4.69, 9.17) is 4.74 Å². The Balaban J connectivity index is 2.47. The highest BCUT2D eigenvalue weighted by molar-refractivity contribution is 5.29. The fourth-order valence-corrected chi connectivity index (χ4v) is 1.84. The number of ether oxygens (including phenoxy) is 1. The first-order valence-corrected chi connectivity index (χ1v) is 6.81. The molecule has 3 nitrogen and oxygen atoms in total. The Labute approximate surface area is 114 Å². The van der Waals surface area contributed by atoms with Crippen molar-refractivity contribution in [3.05, 3.63) is 29.6 Å². The Bertz CT molecular complexity index is 382. The van der Waals surface area contributed by atoms with Crippen LogP contribution in [0.3, 0.4) is 0 Å². The van der Waals surface area contributed by atoms with Crippen molar-refractivity contribution in [2.45, 2.75) is 27.3 Å². The number of aliphatic hydroxyl groups is 1. The van der Waals surface area contributed by atoms with Gasteiger partial charge in [0, 0.05) is 19.7 Å². The topological polar surface area (TPSA) is 41.5 Å². The number of halogens is 1. The molecule has 0 amide bonds. The van der Waals surface area contributed by atoms with E-state index in [2.05, 4.69) is 19.2 Å². The van der Waals surface area contributed by atoms with Crippen LogP contribution in [0.5, 0.6) is 5.75 Å². The maximum Gasteiger partial charge on any atom is 0.165 e. The van der Waals surface area contributed by atoms with E-state index in [1.54, 1.807) is 6.07 Å². The highest BCUT2D eigenvalue weighted by atomic mass is 19.1. The first kappa shape index (κ1) is 15.9. The molecule has 0 aliphatic heterocycles. The summed E-state index contributed by atoms with van der Waals surface area (Å²) < 4.78 is 18.8. The van der Waals surface area contributed by atoms with Gasteiger partial charge in [0.15, 0.2) is 11.6 Å². The van der Waals surface area contributed by atoms with E-state index in [9.17, 15) is 9.50 Å². The van der Waals surface area contributed by atoms with Gasteiger partial charge in [0.25, 0.3) is 0 Å². The summed E-state index contributed by atoms with van der Waals surface area (Å²) in [5.41, 5.74) is 0.876. The minimum absolute atomic E-state index is 0.169.